The number of hydrogen-bond acceptors (Lipinski definition) is 11. The minimum absolute atomic E-state index is 0.0272. The molecule has 11 nitrogen and oxygen atoms in total. The summed E-state index contributed by atoms with van der Waals surface area (Å²) in [5.74, 6) is -1.60. The Balaban J connectivity index is 1.71. The molecule has 7 unspecified atom stereocenters. The van der Waals surface area contributed by atoms with Crippen molar-refractivity contribution in [3.63, 3.8) is 0 Å². The highest BCUT2D eigenvalue weighted by molar-refractivity contribution is 5.53. The topological polar surface area (TPSA) is 190 Å². The van der Waals surface area contributed by atoms with Gasteiger partial charge in [-0.3, -0.25) is 0 Å². The summed E-state index contributed by atoms with van der Waals surface area (Å²) in [5, 5.41) is 80.1. The molecule has 1 fully saturated rings. The number of aromatic hydroxyl groups is 4. The van der Waals surface area contributed by atoms with Gasteiger partial charge in [-0.2, -0.15) is 0 Å². The van der Waals surface area contributed by atoms with Gasteiger partial charge in [0.25, 0.3) is 0 Å². The molecule has 1 saturated heterocycles. The largest absolute Gasteiger partial charge is 0.508 e. The van der Waals surface area contributed by atoms with Gasteiger partial charge in [-0.25, -0.2) is 0 Å². The smallest absolute Gasteiger partial charge is 0.161 e. The molecule has 0 saturated carbocycles. The Labute approximate surface area is 181 Å². The monoisotopic (exact) mass is 452 g/mol. The molecule has 2 aromatic carbocycles. The van der Waals surface area contributed by atoms with E-state index >= 15 is 0 Å². The predicted molar refractivity (Wildman–Crippen MR) is 105 cm³/mol. The zero-order valence-corrected chi connectivity index (χ0v) is 16.6. The molecule has 0 bridgehead atoms. The molecule has 0 amide bonds. The lowest BCUT2D eigenvalue weighted by Crippen LogP contribution is -2.52. The van der Waals surface area contributed by atoms with Crippen molar-refractivity contribution in [1.82, 2.24) is 0 Å². The maximum Gasteiger partial charge on any atom is 0.161 e. The molecular formula is C21H24O11. The van der Waals surface area contributed by atoms with Crippen molar-refractivity contribution in [2.75, 3.05) is 6.61 Å². The van der Waals surface area contributed by atoms with E-state index in [-0.39, 0.29) is 34.8 Å². The first-order valence-corrected chi connectivity index (χ1v) is 9.90. The van der Waals surface area contributed by atoms with E-state index in [1.807, 2.05) is 0 Å². The number of fused-ring (bicyclic) bond motifs is 1. The van der Waals surface area contributed by atoms with Crippen molar-refractivity contribution < 1.29 is 55.1 Å². The molecule has 7 atom stereocenters. The molecule has 0 aromatic heterocycles. The Morgan fingerprint density at radius 2 is 1.69 bits per heavy atom. The van der Waals surface area contributed by atoms with Gasteiger partial charge in [0.2, 0.25) is 0 Å². The van der Waals surface area contributed by atoms with E-state index < -0.39 is 61.0 Å². The summed E-state index contributed by atoms with van der Waals surface area (Å²) < 4.78 is 17.3. The zero-order chi connectivity index (χ0) is 23.2. The van der Waals surface area contributed by atoms with E-state index in [2.05, 4.69) is 0 Å². The van der Waals surface area contributed by atoms with Crippen molar-refractivity contribution >= 4 is 0 Å². The number of rotatable bonds is 4. The van der Waals surface area contributed by atoms with Crippen LogP contribution >= 0.6 is 0 Å². The average molecular weight is 452 g/mol. The van der Waals surface area contributed by atoms with Crippen LogP contribution in [0.1, 0.15) is 29.8 Å². The van der Waals surface area contributed by atoms with Gasteiger partial charge in [0.15, 0.2) is 23.9 Å². The Hall–Kier alpha value is -2.80. The lowest BCUT2D eigenvalue weighted by Gasteiger charge is -2.42. The fourth-order valence-electron chi connectivity index (χ4n) is 3.98. The molecule has 2 aliphatic heterocycles. The van der Waals surface area contributed by atoms with E-state index in [1.165, 1.54) is 24.3 Å². The summed E-state index contributed by atoms with van der Waals surface area (Å²) in [6.07, 6.45) is -8.92. The minimum atomic E-state index is -1.50. The molecule has 32 heavy (non-hydrogen) atoms. The Bertz CT molecular complexity index is 980. The van der Waals surface area contributed by atoms with E-state index in [9.17, 15) is 40.9 Å². The SMILES string of the molecule is OCC1OC(OC2C(O)c3c(O)cc(O)cc3OC2c2ccc(O)c(O)c2)CC(O)C1O. The first-order chi connectivity index (χ1) is 15.2. The van der Waals surface area contributed by atoms with Crippen LogP contribution in [0.4, 0.5) is 0 Å². The van der Waals surface area contributed by atoms with Crippen LogP contribution in [0.5, 0.6) is 28.7 Å². The van der Waals surface area contributed by atoms with Crippen molar-refractivity contribution in [1.29, 1.82) is 0 Å². The van der Waals surface area contributed by atoms with Gasteiger partial charge in [-0.1, -0.05) is 6.07 Å². The first-order valence-electron chi connectivity index (χ1n) is 9.90. The van der Waals surface area contributed by atoms with Gasteiger partial charge < -0.3 is 55.1 Å². The standard InChI is InChI=1S/C21H24O11/c22-7-15-18(28)13(27)6-16(30-15)32-21-19(29)17-12(26)4-9(23)5-14(17)31-20(21)8-1-2-10(24)11(25)3-8/h1-5,13,15-16,18-29H,6-7H2. The molecule has 0 spiro atoms. The van der Waals surface area contributed by atoms with Gasteiger partial charge >= 0.3 is 0 Å². The van der Waals surface area contributed by atoms with Crippen LogP contribution in [0.15, 0.2) is 30.3 Å². The number of phenolic OH excluding ortho intramolecular Hbond substituents is 4. The summed E-state index contributed by atoms with van der Waals surface area (Å²) in [4.78, 5) is 0. The predicted octanol–water partition coefficient (Wildman–Crippen LogP) is -0.110. The Kier molecular flexibility index (Phi) is 6.03. The average Bonchev–Trinajstić information content (AvgIpc) is 2.73. The zero-order valence-electron chi connectivity index (χ0n) is 16.6. The summed E-state index contributed by atoms with van der Waals surface area (Å²) in [5.41, 5.74) is 0.232. The minimum Gasteiger partial charge on any atom is -0.508 e. The molecule has 8 N–H and O–H groups in total. The van der Waals surface area contributed by atoms with Crippen molar-refractivity contribution in [2.24, 2.45) is 0 Å². The van der Waals surface area contributed by atoms with Crippen LogP contribution in [0, 0.1) is 0 Å². The summed E-state index contributed by atoms with van der Waals surface area (Å²) in [6, 6.07) is 6.06. The highest BCUT2D eigenvalue weighted by Gasteiger charge is 2.45. The molecule has 0 radical (unpaired) electrons. The third-order valence-electron chi connectivity index (χ3n) is 5.62. The second kappa shape index (κ2) is 8.62. The van der Waals surface area contributed by atoms with Gasteiger partial charge in [-0.05, 0) is 17.7 Å². The summed E-state index contributed by atoms with van der Waals surface area (Å²) in [7, 11) is 0. The van der Waals surface area contributed by atoms with E-state index in [0.29, 0.717) is 0 Å². The van der Waals surface area contributed by atoms with Crippen LogP contribution in [-0.2, 0) is 9.47 Å². The molecule has 2 aromatic rings. The second-order valence-corrected chi connectivity index (χ2v) is 7.79. The molecule has 4 rings (SSSR count). The van der Waals surface area contributed by atoms with Gasteiger partial charge in [-0.15, -0.1) is 0 Å². The number of benzene rings is 2. The van der Waals surface area contributed by atoms with Gasteiger partial charge in [0.05, 0.1) is 18.3 Å². The summed E-state index contributed by atoms with van der Waals surface area (Å²) in [6.45, 7) is -0.583. The lowest BCUT2D eigenvalue weighted by atomic mass is 9.91. The van der Waals surface area contributed by atoms with Crippen molar-refractivity contribution in [3.05, 3.63) is 41.5 Å². The molecule has 0 aliphatic carbocycles. The maximum atomic E-state index is 11.0. The van der Waals surface area contributed by atoms with E-state index in [4.69, 9.17) is 14.2 Å². The van der Waals surface area contributed by atoms with E-state index in [1.54, 1.807) is 0 Å². The Morgan fingerprint density at radius 1 is 0.938 bits per heavy atom. The third kappa shape index (κ3) is 4.01. The Morgan fingerprint density at radius 3 is 2.38 bits per heavy atom. The fraction of sp³-hybridized carbons (Fsp3) is 0.429. The fourth-order valence-corrected chi connectivity index (χ4v) is 3.98. The normalized spacial score (nSPS) is 32.2. The van der Waals surface area contributed by atoms with E-state index in [0.717, 1.165) is 6.07 Å². The number of phenols is 4. The summed E-state index contributed by atoms with van der Waals surface area (Å²) >= 11 is 0. The first kappa shape index (κ1) is 22.4. The molecular weight excluding hydrogens is 428 g/mol. The molecule has 174 valence electrons. The van der Waals surface area contributed by atoms with Crippen molar-refractivity contribution in [2.45, 2.75) is 49.3 Å². The quantitative estimate of drug-likeness (QED) is 0.289. The van der Waals surface area contributed by atoms with Crippen LogP contribution < -0.4 is 4.74 Å². The van der Waals surface area contributed by atoms with Crippen LogP contribution in [0.2, 0.25) is 0 Å². The second-order valence-electron chi connectivity index (χ2n) is 7.79. The highest BCUT2D eigenvalue weighted by atomic mass is 16.7. The lowest BCUT2D eigenvalue weighted by molar-refractivity contribution is -0.288. The molecule has 2 aliphatic rings. The van der Waals surface area contributed by atoms with Crippen LogP contribution in [0.25, 0.3) is 0 Å². The molecule has 11 heteroatoms. The number of aliphatic hydroxyl groups excluding tert-OH is 4. The number of ether oxygens (including phenoxy) is 3. The third-order valence-corrected chi connectivity index (χ3v) is 5.62. The van der Waals surface area contributed by atoms with Crippen LogP contribution in [-0.4, -0.2) is 78.2 Å². The van der Waals surface area contributed by atoms with Crippen molar-refractivity contribution in [3.8, 4) is 28.7 Å². The van der Waals surface area contributed by atoms with Gasteiger partial charge in [0.1, 0.15) is 41.7 Å². The van der Waals surface area contributed by atoms with Crippen LogP contribution in [0.3, 0.4) is 0 Å². The van der Waals surface area contributed by atoms with Gasteiger partial charge in [0, 0.05) is 18.6 Å². The maximum absolute atomic E-state index is 11.0. The molecule has 2 heterocycles. The number of aliphatic hydroxyl groups is 4. The number of hydrogen-bond donors (Lipinski definition) is 8. The highest BCUT2D eigenvalue weighted by Crippen LogP contribution is 2.49.